The highest BCUT2D eigenvalue weighted by atomic mass is 79.9. The van der Waals surface area contributed by atoms with Crippen LogP contribution in [-0.4, -0.2) is 31.6 Å². The Morgan fingerprint density at radius 1 is 1.40 bits per heavy atom. The van der Waals surface area contributed by atoms with Crippen molar-refractivity contribution in [1.29, 1.82) is 0 Å². The van der Waals surface area contributed by atoms with Gasteiger partial charge in [-0.15, -0.1) is 10.2 Å². The normalized spacial score (nSPS) is 10.8. The molecule has 0 saturated heterocycles. The van der Waals surface area contributed by atoms with Gasteiger partial charge in [0.15, 0.2) is 11.0 Å². The van der Waals surface area contributed by atoms with E-state index >= 15 is 0 Å². The molecule has 2 rings (SSSR count). The third-order valence-electron chi connectivity index (χ3n) is 2.66. The van der Waals surface area contributed by atoms with Gasteiger partial charge < -0.3 is 9.67 Å². The van der Waals surface area contributed by atoms with E-state index < -0.39 is 5.97 Å². The maximum Gasteiger partial charge on any atom is 0.313 e. The van der Waals surface area contributed by atoms with Gasteiger partial charge in [-0.25, -0.2) is 0 Å². The molecule has 0 aliphatic carbocycles. The van der Waals surface area contributed by atoms with E-state index in [4.69, 9.17) is 5.11 Å². The fourth-order valence-electron chi connectivity index (χ4n) is 1.89. The van der Waals surface area contributed by atoms with Crippen LogP contribution in [0.1, 0.15) is 12.5 Å². The number of rotatable bonds is 5. The molecule has 0 saturated carbocycles. The molecule has 1 N–H and O–H groups in total. The van der Waals surface area contributed by atoms with E-state index in [0.29, 0.717) is 11.7 Å². The predicted molar refractivity (Wildman–Crippen MR) is 81.9 cm³/mol. The number of halogens is 1. The van der Waals surface area contributed by atoms with Gasteiger partial charge in [-0.05, 0) is 37.6 Å². The lowest BCUT2D eigenvalue weighted by Gasteiger charge is -2.07. The number of carbonyl (C=O) groups is 1. The summed E-state index contributed by atoms with van der Waals surface area (Å²) in [5.41, 5.74) is 2.09. The minimum Gasteiger partial charge on any atom is -0.481 e. The van der Waals surface area contributed by atoms with Gasteiger partial charge in [-0.2, -0.15) is 0 Å². The monoisotopic (exact) mass is 355 g/mol. The molecule has 106 valence electrons. The number of aromatic nitrogens is 3. The van der Waals surface area contributed by atoms with Crippen molar-refractivity contribution in [3.05, 3.63) is 28.2 Å². The highest BCUT2D eigenvalue weighted by molar-refractivity contribution is 9.10. The molecule has 0 aliphatic heterocycles. The highest BCUT2D eigenvalue weighted by Crippen LogP contribution is 2.27. The maximum absolute atomic E-state index is 10.7. The van der Waals surface area contributed by atoms with Crippen LogP contribution in [0.15, 0.2) is 27.8 Å². The molecule has 0 bridgehead atoms. The fourth-order valence-corrected chi connectivity index (χ4v) is 3.22. The summed E-state index contributed by atoms with van der Waals surface area (Å²) in [6.45, 7) is 4.69. The molecule has 0 amide bonds. The van der Waals surface area contributed by atoms with E-state index in [9.17, 15) is 4.79 Å². The summed E-state index contributed by atoms with van der Waals surface area (Å²) in [6.07, 6.45) is 0. The number of aryl methyl sites for hydroxylation is 1. The summed E-state index contributed by atoms with van der Waals surface area (Å²) in [5, 5.41) is 17.7. The molecule has 1 aromatic carbocycles. The summed E-state index contributed by atoms with van der Waals surface area (Å²) < 4.78 is 2.91. The number of nitrogens with zero attached hydrogens (tertiary/aromatic N) is 3. The van der Waals surface area contributed by atoms with Crippen LogP contribution in [0.5, 0.6) is 0 Å². The number of hydrogen-bond acceptors (Lipinski definition) is 4. The van der Waals surface area contributed by atoms with Crippen molar-refractivity contribution >= 4 is 33.7 Å². The second kappa shape index (κ2) is 6.41. The summed E-state index contributed by atoms with van der Waals surface area (Å²) >= 11 is 4.65. The third-order valence-corrected chi connectivity index (χ3v) is 4.07. The van der Waals surface area contributed by atoms with E-state index in [1.807, 2.05) is 36.6 Å². The van der Waals surface area contributed by atoms with Crippen molar-refractivity contribution in [1.82, 2.24) is 14.8 Å². The predicted octanol–water partition coefficient (Wildman–Crippen LogP) is 3.21. The lowest BCUT2D eigenvalue weighted by atomic mass is 10.1. The summed E-state index contributed by atoms with van der Waals surface area (Å²) in [5.74, 6) is -0.124. The second-order valence-electron chi connectivity index (χ2n) is 4.25. The Labute approximate surface area is 129 Å². The largest absolute Gasteiger partial charge is 0.481 e. The third kappa shape index (κ3) is 3.40. The van der Waals surface area contributed by atoms with E-state index in [1.165, 1.54) is 11.8 Å². The van der Waals surface area contributed by atoms with E-state index in [-0.39, 0.29) is 5.75 Å². The second-order valence-corrected chi connectivity index (χ2v) is 6.11. The van der Waals surface area contributed by atoms with Gasteiger partial charge in [-0.3, -0.25) is 4.79 Å². The van der Waals surface area contributed by atoms with Crippen LogP contribution in [-0.2, 0) is 11.3 Å². The molecule has 0 radical (unpaired) electrons. The zero-order valence-corrected chi connectivity index (χ0v) is 13.5. The number of thioether (sulfide) groups is 1. The van der Waals surface area contributed by atoms with Crippen molar-refractivity contribution < 1.29 is 9.90 Å². The highest BCUT2D eigenvalue weighted by Gasteiger charge is 2.14. The average molecular weight is 356 g/mol. The first kappa shape index (κ1) is 15.1. The van der Waals surface area contributed by atoms with Crippen LogP contribution < -0.4 is 0 Å². The zero-order chi connectivity index (χ0) is 14.7. The van der Waals surface area contributed by atoms with Gasteiger partial charge in [-0.1, -0.05) is 27.7 Å². The smallest absolute Gasteiger partial charge is 0.313 e. The van der Waals surface area contributed by atoms with Gasteiger partial charge >= 0.3 is 5.97 Å². The van der Waals surface area contributed by atoms with Crippen molar-refractivity contribution in [3.8, 4) is 11.4 Å². The lowest BCUT2D eigenvalue weighted by molar-refractivity contribution is -0.133. The average Bonchev–Trinajstić information content (AvgIpc) is 2.77. The molecule has 5 nitrogen and oxygen atoms in total. The van der Waals surface area contributed by atoms with Gasteiger partial charge in [0.25, 0.3) is 0 Å². The zero-order valence-electron chi connectivity index (χ0n) is 11.1. The summed E-state index contributed by atoms with van der Waals surface area (Å²) in [4.78, 5) is 10.7. The molecule has 0 unspecified atom stereocenters. The van der Waals surface area contributed by atoms with E-state index in [1.54, 1.807) is 0 Å². The van der Waals surface area contributed by atoms with Crippen LogP contribution in [0, 0.1) is 6.92 Å². The molecule has 1 heterocycles. The molecule has 2 aromatic rings. The van der Waals surface area contributed by atoms with Gasteiger partial charge in [0.1, 0.15) is 0 Å². The maximum atomic E-state index is 10.7. The Morgan fingerprint density at radius 2 is 2.15 bits per heavy atom. The fraction of sp³-hybridized carbons (Fsp3) is 0.308. The Morgan fingerprint density at radius 3 is 2.75 bits per heavy atom. The molecule has 1 aromatic heterocycles. The molecular formula is C13H14BrN3O2S. The first-order valence-corrected chi connectivity index (χ1v) is 7.84. The molecular weight excluding hydrogens is 342 g/mol. The standard InChI is InChI=1S/C13H14BrN3O2S/c1-3-17-12(9-4-8(2)5-10(14)6-9)15-16-13(17)20-7-11(18)19/h4-6H,3,7H2,1-2H3,(H,18,19). The van der Waals surface area contributed by atoms with Crippen LogP contribution >= 0.6 is 27.7 Å². The van der Waals surface area contributed by atoms with Gasteiger partial charge in [0, 0.05) is 16.6 Å². The molecule has 20 heavy (non-hydrogen) atoms. The van der Waals surface area contributed by atoms with E-state index in [0.717, 1.165) is 21.4 Å². The topological polar surface area (TPSA) is 68.0 Å². The quantitative estimate of drug-likeness (QED) is 0.834. The Hall–Kier alpha value is -1.34. The molecule has 7 heteroatoms. The summed E-state index contributed by atoms with van der Waals surface area (Å²) in [6, 6.07) is 6.04. The van der Waals surface area contributed by atoms with Crippen molar-refractivity contribution in [2.24, 2.45) is 0 Å². The van der Waals surface area contributed by atoms with Crippen LogP contribution in [0.25, 0.3) is 11.4 Å². The number of aliphatic carboxylic acids is 1. The number of carboxylic acid groups (broad SMARTS) is 1. The summed E-state index contributed by atoms with van der Waals surface area (Å²) in [7, 11) is 0. The Bertz CT molecular complexity index is 622. The van der Waals surface area contributed by atoms with Gasteiger partial charge in [0.05, 0.1) is 5.75 Å². The minimum atomic E-state index is -0.861. The molecule has 0 spiro atoms. The number of carboxylic acids is 1. The Kier molecular flexibility index (Phi) is 4.82. The number of benzene rings is 1. The first-order chi connectivity index (χ1) is 9.51. The Balaban J connectivity index is 2.39. The lowest BCUT2D eigenvalue weighted by Crippen LogP contribution is -2.03. The van der Waals surface area contributed by atoms with Gasteiger partial charge in [0.2, 0.25) is 0 Å². The molecule has 0 atom stereocenters. The van der Waals surface area contributed by atoms with Crippen LogP contribution in [0.2, 0.25) is 0 Å². The number of hydrogen-bond donors (Lipinski definition) is 1. The molecule has 0 fully saturated rings. The SMILES string of the molecule is CCn1c(SCC(=O)O)nnc1-c1cc(C)cc(Br)c1. The van der Waals surface area contributed by atoms with Crippen LogP contribution in [0.4, 0.5) is 0 Å². The molecule has 0 aliphatic rings. The minimum absolute atomic E-state index is 0.0182. The van der Waals surface area contributed by atoms with Crippen molar-refractivity contribution in [3.63, 3.8) is 0 Å². The van der Waals surface area contributed by atoms with Crippen molar-refractivity contribution in [2.75, 3.05) is 5.75 Å². The van der Waals surface area contributed by atoms with E-state index in [2.05, 4.69) is 26.1 Å². The van der Waals surface area contributed by atoms with Crippen LogP contribution in [0.3, 0.4) is 0 Å². The first-order valence-electron chi connectivity index (χ1n) is 6.06. The van der Waals surface area contributed by atoms with Crippen molar-refractivity contribution in [2.45, 2.75) is 25.5 Å².